The molecule has 0 radical (unpaired) electrons. The molecule has 1 aromatic carbocycles. The first-order valence-corrected chi connectivity index (χ1v) is 9.41. The molecule has 0 saturated carbocycles. The average Bonchev–Trinajstić information content (AvgIpc) is 3.12. The SMILES string of the molecule is Cc1[nH]c(=O)[nH]c(=O)c1CC(=O)Nc1nc(-c2ccc3c(c2)NC(=O)CO3)cs1. The summed E-state index contributed by atoms with van der Waals surface area (Å²) in [5.41, 5.74) is 1.24. The van der Waals surface area contributed by atoms with Crippen LogP contribution < -0.4 is 26.6 Å². The van der Waals surface area contributed by atoms with Crippen molar-refractivity contribution in [1.82, 2.24) is 15.0 Å². The lowest BCUT2D eigenvalue weighted by molar-refractivity contribution is -0.118. The first kappa shape index (κ1) is 18.6. The van der Waals surface area contributed by atoms with E-state index in [4.69, 9.17) is 4.74 Å². The molecular formula is C18H15N5O5S. The number of amides is 2. The van der Waals surface area contributed by atoms with Crippen molar-refractivity contribution in [3.8, 4) is 17.0 Å². The molecule has 4 N–H and O–H groups in total. The van der Waals surface area contributed by atoms with Crippen molar-refractivity contribution >= 4 is 34.0 Å². The van der Waals surface area contributed by atoms with Gasteiger partial charge in [-0.1, -0.05) is 0 Å². The van der Waals surface area contributed by atoms with Crippen molar-refractivity contribution in [2.75, 3.05) is 17.2 Å². The van der Waals surface area contributed by atoms with Crippen LogP contribution in [0.2, 0.25) is 0 Å². The smallest absolute Gasteiger partial charge is 0.325 e. The number of hydrogen-bond acceptors (Lipinski definition) is 7. The fourth-order valence-electron chi connectivity index (χ4n) is 2.87. The maximum absolute atomic E-state index is 12.3. The zero-order valence-corrected chi connectivity index (χ0v) is 15.9. The summed E-state index contributed by atoms with van der Waals surface area (Å²) in [6, 6.07) is 5.30. The molecule has 2 aromatic heterocycles. The van der Waals surface area contributed by atoms with Crippen LogP contribution in [0.15, 0.2) is 33.2 Å². The highest BCUT2D eigenvalue weighted by Crippen LogP contribution is 2.33. The molecule has 3 aromatic rings. The fourth-order valence-corrected chi connectivity index (χ4v) is 3.60. The van der Waals surface area contributed by atoms with Crippen LogP contribution in [-0.4, -0.2) is 33.4 Å². The van der Waals surface area contributed by atoms with E-state index < -0.39 is 17.2 Å². The van der Waals surface area contributed by atoms with Gasteiger partial charge in [-0.05, 0) is 25.1 Å². The second-order valence-corrected chi connectivity index (χ2v) is 7.18. The number of aromatic amines is 2. The number of hydrogen-bond donors (Lipinski definition) is 4. The van der Waals surface area contributed by atoms with Gasteiger partial charge < -0.3 is 20.4 Å². The van der Waals surface area contributed by atoms with Crippen LogP contribution in [0.5, 0.6) is 5.75 Å². The molecule has 3 heterocycles. The molecule has 2 amide bonds. The molecule has 0 saturated heterocycles. The Labute approximate surface area is 167 Å². The average molecular weight is 413 g/mol. The van der Waals surface area contributed by atoms with Crippen LogP contribution in [0.4, 0.5) is 10.8 Å². The molecule has 0 bridgehead atoms. The van der Waals surface area contributed by atoms with Crippen LogP contribution in [0.25, 0.3) is 11.3 Å². The molecule has 0 aliphatic carbocycles. The summed E-state index contributed by atoms with van der Waals surface area (Å²) < 4.78 is 5.33. The van der Waals surface area contributed by atoms with E-state index in [0.717, 1.165) is 5.56 Å². The first-order chi connectivity index (χ1) is 13.9. The number of fused-ring (bicyclic) bond motifs is 1. The van der Waals surface area contributed by atoms with E-state index in [0.29, 0.717) is 28.0 Å². The molecule has 0 unspecified atom stereocenters. The molecule has 29 heavy (non-hydrogen) atoms. The van der Waals surface area contributed by atoms with E-state index in [1.54, 1.807) is 30.5 Å². The Morgan fingerprint density at radius 1 is 1.28 bits per heavy atom. The number of ether oxygens (including phenoxy) is 1. The number of H-pyrrole nitrogens is 2. The maximum Gasteiger partial charge on any atom is 0.325 e. The summed E-state index contributed by atoms with van der Waals surface area (Å²) in [4.78, 5) is 55.8. The number of aryl methyl sites for hydroxylation is 1. The van der Waals surface area contributed by atoms with Gasteiger partial charge in [0.25, 0.3) is 11.5 Å². The lowest BCUT2D eigenvalue weighted by atomic mass is 10.1. The van der Waals surface area contributed by atoms with Gasteiger partial charge in [0.1, 0.15) is 5.75 Å². The highest BCUT2D eigenvalue weighted by atomic mass is 32.1. The van der Waals surface area contributed by atoms with Gasteiger partial charge in [-0.15, -0.1) is 11.3 Å². The molecule has 10 nitrogen and oxygen atoms in total. The van der Waals surface area contributed by atoms with Gasteiger partial charge in [-0.3, -0.25) is 19.4 Å². The van der Waals surface area contributed by atoms with Gasteiger partial charge in [0.15, 0.2) is 11.7 Å². The molecule has 1 aliphatic heterocycles. The monoisotopic (exact) mass is 413 g/mol. The molecule has 0 fully saturated rings. The van der Waals surface area contributed by atoms with Crippen molar-refractivity contribution in [2.45, 2.75) is 13.3 Å². The summed E-state index contributed by atoms with van der Waals surface area (Å²) in [7, 11) is 0. The molecule has 0 spiro atoms. The third-order valence-electron chi connectivity index (χ3n) is 4.25. The molecule has 0 atom stereocenters. The number of aromatic nitrogens is 3. The zero-order valence-electron chi connectivity index (χ0n) is 15.1. The number of rotatable bonds is 4. The second-order valence-electron chi connectivity index (χ2n) is 6.32. The predicted molar refractivity (Wildman–Crippen MR) is 106 cm³/mol. The minimum absolute atomic E-state index is 0.0170. The number of thiazole rings is 1. The summed E-state index contributed by atoms with van der Waals surface area (Å²) >= 11 is 1.23. The number of carbonyl (C=O) groups excluding carboxylic acids is 2. The molecule has 1 aliphatic rings. The van der Waals surface area contributed by atoms with E-state index in [1.165, 1.54) is 11.3 Å². The van der Waals surface area contributed by atoms with Crippen LogP contribution in [-0.2, 0) is 16.0 Å². The van der Waals surface area contributed by atoms with Crippen molar-refractivity contribution in [3.63, 3.8) is 0 Å². The normalized spacial score (nSPS) is 12.7. The van der Waals surface area contributed by atoms with Crippen LogP contribution >= 0.6 is 11.3 Å². The van der Waals surface area contributed by atoms with Gasteiger partial charge in [-0.2, -0.15) is 0 Å². The fraction of sp³-hybridized carbons (Fsp3) is 0.167. The lowest BCUT2D eigenvalue weighted by Gasteiger charge is -2.18. The van der Waals surface area contributed by atoms with Crippen molar-refractivity contribution in [3.05, 3.63) is 55.7 Å². The number of carbonyl (C=O) groups is 2. The zero-order chi connectivity index (χ0) is 20.5. The van der Waals surface area contributed by atoms with Crippen LogP contribution in [0.1, 0.15) is 11.3 Å². The van der Waals surface area contributed by atoms with Gasteiger partial charge in [0.05, 0.1) is 17.8 Å². The van der Waals surface area contributed by atoms with Gasteiger partial charge in [0, 0.05) is 22.2 Å². The third-order valence-corrected chi connectivity index (χ3v) is 5.01. The van der Waals surface area contributed by atoms with Gasteiger partial charge in [-0.25, -0.2) is 9.78 Å². The molecule has 148 valence electrons. The van der Waals surface area contributed by atoms with E-state index in [-0.39, 0.29) is 24.5 Å². The molecule has 11 heteroatoms. The van der Waals surface area contributed by atoms with E-state index in [2.05, 4.69) is 25.6 Å². The predicted octanol–water partition coefficient (Wildman–Crippen LogP) is 1.01. The summed E-state index contributed by atoms with van der Waals surface area (Å²) in [5, 5.41) is 7.51. The van der Waals surface area contributed by atoms with E-state index in [9.17, 15) is 19.2 Å². The minimum Gasteiger partial charge on any atom is -0.482 e. The number of benzene rings is 1. The van der Waals surface area contributed by atoms with E-state index in [1.807, 2.05) is 0 Å². The summed E-state index contributed by atoms with van der Waals surface area (Å²) in [6.45, 7) is 1.54. The Balaban J connectivity index is 1.49. The Morgan fingerprint density at radius 2 is 2.10 bits per heavy atom. The Hall–Kier alpha value is -3.73. The van der Waals surface area contributed by atoms with Gasteiger partial charge >= 0.3 is 5.69 Å². The minimum atomic E-state index is -0.618. The van der Waals surface area contributed by atoms with Crippen LogP contribution in [0.3, 0.4) is 0 Å². The quantitative estimate of drug-likeness (QED) is 0.502. The largest absolute Gasteiger partial charge is 0.482 e. The third kappa shape index (κ3) is 3.94. The van der Waals surface area contributed by atoms with Crippen LogP contribution in [0, 0.1) is 6.92 Å². The molecule has 4 rings (SSSR count). The highest BCUT2D eigenvalue weighted by Gasteiger charge is 2.18. The summed E-state index contributed by atoms with van der Waals surface area (Å²) in [5.74, 6) is -0.0790. The summed E-state index contributed by atoms with van der Waals surface area (Å²) in [6.07, 6.45) is -0.199. The van der Waals surface area contributed by atoms with Crippen molar-refractivity contribution in [2.24, 2.45) is 0 Å². The van der Waals surface area contributed by atoms with Gasteiger partial charge in [0.2, 0.25) is 5.91 Å². The van der Waals surface area contributed by atoms with E-state index >= 15 is 0 Å². The Bertz CT molecular complexity index is 1240. The first-order valence-electron chi connectivity index (χ1n) is 8.53. The maximum atomic E-state index is 12.3. The Morgan fingerprint density at radius 3 is 2.90 bits per heavy atom. The number of nitrogens with one attached hydrogen (secondary N) is 4. The number of anilines is 2. The van der Waals surface area contributed by atoms with Crippen molar-refractivity contribution in [1.29, 1.82) is 0 Å². The van der Waals surface area contributed by atoms with Crippen molar-refractivity contribution < 1.29 is 14.3 Å². The standard InChI is InChI=1S/C18H15N5O5S/c1-8-10(16(26)23-17(27)19-8)5-14(24)22-18-21-12(7-29-18)9-2-3-13-11(4-9)20-15(25)6-28-13/h2-4,7H,5-6H2,1H3,(H,20,25)(H,21,22,24)(H2,19,23,26,27). The Kier molecular flexibility index (Phi) is 4.72. The topological polar surface area (TPSA) is 146 Å². The lowest BCUT2D eigenvalue weighted by Crippen LogP contribution is -2.29. The highest BCUT2D eigenvalue weighted by molar-refractivity contribution is 7.14. The second kappa shape index (κ2) is 7.36. The number of nitrogens with zero attached hydrogens (tertiary/aromatic N) is 1. The molecular weight excluding hydrogens is 398 g/mol.